The lowest BCUT2D eigenvalue weighted by molar-refractivity contribution is -0.129. The Morgan fingerprint density at radius 1 is 1.26 bits per heavy atom. The molecular weight excluding hydrogens is 355 g/mol. The second-order valence-corrected chi connectivity index (χ2v) is 5.29. The van der Waals surface area contributed by atoms with Crippen LogP contribution in [0.15, 0.2) is 4.99 Å². The monoisotopic (exact) mass is 380 g/mol. The van der Waals surface area contributed by atoms with Gasteiger partial charge in [-0.3, -0.25) is 9.79 Å². The van der Waals surface area contributed by atoms with Gasteiger partial charge in [-0.05, 0) is 31.6 Å². The number of nitrogens with two attached hydrogens (primary N) is 1. The number of guanidine groups is 1. The molecule has 0 aromatic carbocycles. The van der Waals surface area contributed by atoms with Gasteiger partial charge >= 0.3 is 0 Å². The highest BCUT2D eigenvalue weighted by Crippen LogP contribution is 2.26. The van der Waals surface area contributed by atoms with Crippen molar-refractivity contribution in [1.82, 2.24) is 10.2 Å². The van der Waals surface area contributed by atoms with Crippen molar-refractivity contribution in [2.75, 3.05) is 26.2 Å². The van der Waals surface area contributed by atoms with E-state index in [-0.39, 0.29) is 29.9 Å². The summed E-state index contributed by atoms with van der Waals surface area (Å²) in [6.45, 7) is 3.27. The second-order valence-electron chi connectivity index (χ2n) is 5.29. The molecular formula is C13H25IN4O. The van der Waals surface area contributed by atoms with Gasteiger partial charge in [-0.25, -0.2) is 0 Å². The topological polar surface area (TPSA) is 70.7 Å². The quantitative estimate of drug-likeness (QED) is 0.430. The van der Waals surface area contributed by atoms with Crippen LogP contribution in [0.4, 0.5) is 0 Å². The van der Waals surface area contributed by atoms with Crippen molar-refractivity contribution in [1.29, 1.82) is 0 Å². The number of carbonyl (C=O) groups is 1. The summed E-state index contributed by atoms with van der Waals surface area (Å²) in [5.41, 5.74) is 5.75. The number of aliphatic imine (C=N–C) groups is 1. The summed E-state index contributed by atoms with van der Waals surface area (Å²) in [6, 6.07) is 0. The van der Waals surface area contributed by atoms with E-state index in [1.165, 1.54) is 19.3 Å². The maximum atomic E-state index is 11.8. The minimum absolute atomic E-state index is 0. The zero-order valence-corrected chi connectivity index (χ0v) is 13.8. The number of rotatable bonds is 5. The van der Waals surface area contributed by atoms with E-state index in [1.807, 2.05) is 4.90 Å². The third-order valence-corrected chi connectivity index (χ3v) is 3.85. The van der Waals surface area contributed by atoms with Gasteiger partial charge in [-0.1, -0.05) is 6.42 Å². The summed E-state index contributed by atoms with van der Waals surface area (Å²) in [4.78, 5) is 18.0. The van der Waals surface area contributed by atoms with Gasteiger partial charge in [0.2, 0.25) is 5.91 Å². The molecule has 19 heavy (non-hydrogen) atoms. The molecule has 2 rings (SSSR count). The average molecular weight is 380 g/mol. The van der Waals surface area contributed by atoms with Crippen molar-refractivity contribution < 1.29 is 4.79 Å². The Hall–Kier alpha value is -0.530. The number of nitrogens with zero attached hydrogens (tertiary/aromatic N) is 2. The molecule has 1 saturated heterocycles. The molecule has 6 heteroatoms. The molecule has 0 aromatic heterocycles. The van der Waals surface area contributed by atoms with E-state index < -0.39 is 0 Å². The Morgan fingerprint density at radius 3 is 2.53 bits per heavy atom. The lowest BCUT2D eigenvalue weighted by atomic mass is 9.86. The van der Waals surface area contributed by atoms with Crippen molar-refractivity contribution in [2.24, 2.45) is 16.6 Å². The normalized spacial score (nSPS) is 19.8. The fourth-order valence-electron chi connectivity index (χ4n) is 2.38. The fraction of sp³-hybridized carbons (Fsp3) is 0.846. The van der Waals surface area contributed by atoms with Crippen LogP contribution < -0.4 is 11.1 Å². The maximum Gasteiger partial charge on any atom is 0.224 e. The second kappa shape index (κ2) is 8.60. The van der Waals surface area contributed by atoms with Crippen molar-refractivity contribution in [3.8, 4) is 0 Å². The summed E-state index contributed by atoms with van der Waals surface area (Å²) in [5, 5.41) is 3.02. The molecule has 1 heterocycles. The van der Waals surface area contributed by atoms with Gasteiger partial charge in [0.1, 0.15) is 0 Å². The van der Waals surface area contributed by atoms with Crippen LogP contribution in [0.2, 0.25) is 0 Å². The first-order chi connectivity index (χ1) is 8.75. The van der Waals surface area contributed by atoms with Crippen molar-refractivity contribution in [3.63, 3.8) is 0 Å². The molecule has 0 bridgehead atoms. The van der Waals surface area contributed by atoms with E-state index in [1.54, 1.807) is 0 Å². The Morgan fingerprint density at radius 2 is 1.95 bits per heavy atom. The minimum atomic E-state index is 0. The van der Waals surface area contributed by atoms with E-state index in [0.717, 1.165) is 38.4 Å². The minimum Gasteiger partial charge on any atom is -0.370 e. The molecule has 0 unspecified atom stereocenters. The zero-order chi connectivity index (χ0) is 12.8. The predicted molar refractivity (Wildman–Crippen MR) is 87.7 cm³/mol. The van der Waals surface area contributed by atoms with E-state index in [2.05, 4.69) is 10.3 Å². The molecule has 1 saturated carbocycles. The highest BCUT2D eigenvalue weighted by Gasteiger charge is 2.18. The first-order valence-corrected chi connectivity index (χ1v) is 7.07. The van der Waals surface area contributed by atoms with Gasteiger partial charge in [0.05, 0.1) is 0 Å². The van der Waals surface area contributed by atoms with Gasteiger partial charge in [-0.15, -0.1) is 24.0 Å². The molecule has 110 valence electrons. The number of amides is 1. The Labute approximate surface area is 132 Å². The third kappa shape index (κ3) is 5.54. The van der Waals surface area contributed by atoms with Crippen LogP contribution in [0.3, 0.4) is 0 Å². The Balaban J connectivity index is 0.00000180. The largest absolute Gasteiger partial charge is 0.370 e. The first-order valence-electron chi connectivity index (χ1n) is 7.07. The van der Waals surface area contributed by atoms with E-state index in [9.17, 15) is 4.79 Å². The highest BCUT2D eigenvalue weighted by molar-refractivity contribution is 14.0. The van der Waals surface area contributed by atoms with Crippen LogP contribution in [-0.2, 0) is 4.79 Å². The standard InChI is InChI=1S/C13H24N4O.HI/c14-13(16-10-11-4-3-5-11)15-7-6-12(18)17-8-1-2-9-17;/h11H,1-10H2,(H3,14,15,16);1H. The van der Waals surface area contributed by atoms with Gasteiger partial charge in [-0.2, -0.15) is 0 Å². The van der Waals surface area contributed by atoms with Crippen molar-refractivity contribution >= 4 is 35.8 Å². The average Bonchev–Trinajstić information content (AvgIpc) is 2.80. The van der Waals surface area contributed by atoms with Gasteiger partial charge in [0.25, 0.3) is 0 Å². The van der Waals surface area contributed by atoms with Gasteiger partial charge in [0.15, 0.2) is 5.96 Å². The summed E-state index contributed by atoms with van der Waals surface area (Å²) >= 11 is 0. The van der Waals surface area contributed by atoms with E-state index in [0.29, 0.717) is 18.9 Å². The summed E-state index contributed by atoms with van der Waals surface area (Å²) < 4.78 is 0. The maximum absolute atomic E-state index is 11.8. The summed E-state index contributed by atoms with van der Waals surface area (Å²) in [5.74, 6) is 1.44. The first kappa shape index (κ1) is 16.5. The van der Waals surface area contributed by atoms with Crippen LogP contribution >= 0.6 is 24.0 Å². The molecule has 2 fully saturated rings. The van der Waals surface area contributed by atoms with Crippen LogP contribution in [0.25, 0.3) is 0 Å². The number of hydrogen-bond acceptors (Lipinski definition) is 2. The molecule has 0 radical (unpaired) electrons. The number of hydrogen-bond donors (Lipinski definition) is 2. The van der Waals surface area contributed by atoms with Crippen molar-refractivity contribution in [3.05, 3.63) is 0 Å². The molecule has 0 atom stereocenters. The van der Waals surface area contributed by atoms with Crippen LogP contribution in [0, 0.1) is 5.92 Å². The fourth-order valence-corrected chi connectivity index (χ4v) is 2.38. The number of carbonyl (C=O) groups excluding carboxylic acids is 1. The SMILES string of the molecule is I.NC(=NCC1CCC1)NCCC(=O)N1CCCC1. The Kier molecular flexibility index (Phi) is 7.48. The van der Waals surface area contributed by atoms with E-state index >= 15 is 0 Å². The molecule has 5 nitrogen and oxygen atoms in total. The molecule has 2 aliphatic rings. The third-order valence-electron chi connectivity index (χ3n) is 3.85. The molecule has 1 aliphatic carbocycles. The number of likely N-dealkylation sites (tertiary alicyclic amines) is 1. The zero-order valence-electron chi connectivity index (χ0n) is 11.4. The molecule has 0 spiro atoms. The lowest BCUT2D eigenvalue weighted by Gasteiger charge is -2.23. The highest BCUT2D eigenvalue weighted by atomic mass is 127. The summed E-state index contributed by atoms with van der Waals surface area (Å²) in [7, 11) is 0. The van der Waals surface area contributed by atoms with Crippen LogP contribution in [0.5, 0.6) is 0 Å². The summed E-state index contributed by atoms with van der Waals surface area (Å²) in [6.07, 6.45) is 6.69. The van der Waals surface area contributed by atoms with Gasteiger partial charge < -0.3 is 16.0 Å². The molecule has 1 amide bonds. The molecule has 1 aliphatic heterocycles. The van der Waals surface area contributed by atoms with Gasteiger partial charge in [0, 0.05) is 32.6 Å². The number of halogens is 1. The van der Waals surface area contributed by atoms with Crippen LogP contribution in [-0.4, -0.2) is 42.9 Å². The number of nitrogens with one attached hydrogen (secondary N) is 1. The van der Waals surface area contributed by atoms with Crippen LogP contribution in [0.1, 0.15) is 38.5 Å². The smallest absolute Gasteiger partial charge is 0.224 e. The Bertz CT molecular complexity index is 312. The molecule has 3 N–H and O–H groups in total. The molecule has 0 aromatic rings. The predicted octanol–water partition coefficient (Wildman–Crippen LogP) is 1.32. The lowest BCUT2D eigenvalue weighted by Crippen LogP contribution is -2.36. The van der Waals surface area contributed by atoms with E-state index in [4.69, 9.17) is 5.73 Å². The van der Waals surface area contributed by atoms with Crippen molar-refractivity contribution in [2.45, 2.75) is 38.5 Å².